The van der Waals surface area contributed by atoms with Gasteiger partial charge < -0.3 is 9.47 Å². The van der Waals surface area contributed by atoms with E-state index in [1.54, 1.807) is 30.1 Å². The molecular weight excluding hydrogens is 464 g/mol. The Morgan fingerprint density at radius 1 is 1.00 bits per heavy atom. The van der Waals surface area contributed by atoms with Gasteiger partial charge in [-0.3, -0.25) is 9.20 Å². The fraction of sp³-hybridized carbons (Fsp3) is 0.148. The number of rotatable bonds is 6. The molecule has 0 bridgehead atoms. The molecule has 0 unspecified atom stereocenters. The predicted molar refractivity (Wildman–Crippen MR) is 136 cm³/mol. The minimum absolute atomic E-state index is 0.208. The Kier molecular flexibility index (Phi) is 6.01. The van der Waals surface area contributed by atoms with Gasteiger partial charge in [0.05, 0.1) is 24.1 Å². The summed E-state index contributed by atoms with van der Waals surface area (Å²) in [5, 5.41) is 5.35. The summed E-state index contributed by atoms with van der Waals surface area (Å²) in [4.78, 5) is 18.3. The molecule has 0 atom stereocenters. The van der Waals surface area contributed by atoms with Gasteiger partial charge in [-0.2, -0.15) is 5.10 Å². The molecule has 0 saturated carbocycles. The number of hydrogen-bond donors (Lipinski definition) is 0. The van der Waals surface area contributed by atoms with Crippen molar-refractivity contribution >= 4 is 17.2 Å². The van der Waals surface area contributed by atoms with Crippen molar-refractivity contribution in [1.29, 1.82) is 0 Å². The normalized spacial score (nSPS) is 11.1. The lowest BCUT2D eigenvalue weighted by atomic mass is 10.1. The number of pyridine rings is 1. The minimum atomic E-state index is -0.208. The van der Waals surface area contributed by atoms with E-state index >= 15 is 0 Å². The van der Waals surface area contributed by atoms with E-state index in [-0.39, 0.29) is 5.56 Å². The predicted octanol–water partition coefficient (Wildman–Crippen LogP) is 5.41. The molecule has 176 valence electrons. The first-order valence-corrected chi connectivity index (χ1v) is 11.4. The highest BCUT2D eigenvalue weighted by Gasteiger charge is 2.18. The summed E-state index contributed by atoms with van der Waals surface area (Å²) in [5.41, 5.74) is 4.53. The highest BCUT2D eigenvalue weighted by molar-refractivity contribution is 6.30. The molecule has 0 amide bonds. The first-order chi connectivity index (χ1) is 16.9. The first-order valence-electron chi connectivity index (χ1n) is 11.1. The van der Waals surface area contributed by atoms with Crippen LogP contribution < -0.4 is 15.0 Å². The van der Waals surface area contributed by atoms with Crippen molar-refractivity contribution in [3.05, 3.63) is 105 Å². The highest BCUT2D eigenvalue weighted by Crippen LogP contribution is 2.25. The van der Waals surface area contributed by atoms with Crippen molar-refractivity contribution in [2.75, 3.05) is 7.11 Å². The number of benzene rings is 2. The molecule has 8 heteroatoms. The smallest absolute Gasteiger partial charge is 0.267 e. The van der Waals surface area contributed by atoms with E-state index in [0.717, 1.165) is 22.7 Å². The third-order valence-corrected chi connectivity index (χ3v) is 5.99. The minimum Gasteiger partial charge on any atom is -0.497 e. The Morgan fingerprint density at radius 3 is 2.57 bits per heavy atom. The van der Waals surface area contributed by atoms with Crippen LogP contribution in [-0.4, -0.2) is 26.3 Å². The van der Waals surface area contributed by atoms with Gasteiger partial charge in [0, 0.05) is 16.9 Å². The zero-order valence-corrected chi connectivity index (χ0v) is 20.3. The van der Waals surface area contributed by atoms with E-state index in [1.165, 1.54) is 4.40 Å². The number of fused-ring (bicyclic) bond motifs is 1. The van der Waals surface area contributed by atoms with Gasteiger partial charge >= 0.3 is 0 Å². The van der Waals surface area contributed by atoms with Crippen LogP contribution in [0, 0.1) is 13.8 Å². The Balaban J connectivity index is 1.53. The van der Waals surface area contributed by atoms with Gasteiger partial charge in [-0.25, -0.2) is 9.67 Å². The van der Waals surface area contributed by atoms with Crippen LogP contribution >= 0.6 is 11.6 Å². The van der Waals surface area contributed by atoms with Crippen molar-refractivity contribution in [2.45, 2.75) is 20.5 Å². The van der Waals surface area contributed by atoms with Crippen molar-refractivity contribution in [2.24, 2.45) is 0 Å². The summed E-state index contributed by atoms with van der Waals surface area (Å²) in [6.45, 7) is 4.07. The standard InChI is InChI=1S/C27H23ClN4O3/c1-17-14-23(30-32(17)21-11-9-20(28)10-12-21)25-18(2)29-26-24(8-5-13-31(26)27(25)33)35-16-19-6-4-7-22(15-19)34-3/h4-15H,16H2,1-3H3. The summed E-state index contributed by atoms with van der Waals surface area (Å²) in [7, 11) is 1.63. The summed E-state index contributed by atoms with van der Waals surface area (Å²) in [5.74, 6) is 1.28. The lowest BCUT2D eigenvalue weighted by molar-refractivity contribution is 0.306. The van der Waals surface area contributed by atoms with E-state index in [0.29, 0.717) is 40.0 Å². The van der Waals surface area contributed by atoms with Crippen LogP contribution in [0.1, 0.15) is 17.0 Å². The Labute approximate surface area is 207 Å². The molecule has 0 aliphatic rings. The molecule has 0 spiro atoms. The summed E-state index contributed by atoms with van der Waals surface area (Å²) in [6, 6.07) is 20.5. The van der Waals surface area contributed by atoms with Crippen molar-refractivity contribution in [3.63, 3.8) is 0 Å². The maximum absolute atomic E-state index is 13.5. The molecule has 0 saturated heterocycles. The van der Waals surface area contributed by atoms with E-state index < -0.39 is 0 Å². The molecule has 5 aromatic rings. The average molecular weight is 487 g/mol. The van der Waals surface area contributed by atoms with Gasteiger partial charge in [-0.1, -0.05) is 23.7 Å². The van der Waals surface area contributed by atoms with Crippen molar-refractivity contribution < 1.29 is 9.47 Å². The second-order valence-corrected chi connectivity index (χ2v) is 8.58. The van der Waals surface area contributed by atoms with Crippen LogP contribution in [0.15, 0.2) is 77.7 Å². The van der Waals surface area contributed by atoms with E-state index in [1.807, 2.05) is 68.4 Å². The number of aromatic nitrogens is 4. The van der Waals surface area contributed by atoms with Crippen LogP contribution in [0.25, 0.3) is 22.6 Å². The molecule has 2 aromatic carbocycles. The number of nitrogens with zero attached hydrogens (tertiary/aromatic N) is 4. The molecule has 7 nitrogen and oxygen atoms in total. The molecule has 5 rings (SSSR count). The number of hydrogen-bond acceptors (Lipinski definition) is 5. The molecular formula is C27H23ClN4O3. The third-order valence-electron chi connectivity index (χ3n) is 5.74. The summed E-state index contributed by atoms with van der Waals surface area (Å²) >= 11 is 6.02. The molecule has 0 aliphatic carbocycles. The second-order valence-electron chi connectivity index (χ2n) is 8.14. The topological polar surface area (TPSA) is 70.7 Å². The number of aryl methyl sites for hydroxylation is 2. The Hall–Kier alpha value is -4.10. The summed E-state index contributed by atoms with van der Waals surface area (Å²) in [6.07, 6.45) is 1.69. The fourth-order valence-corrected chi connectivity index (χ4v) is 4.14. The molecule has 3 heterocycles. The second kappa shape index (κ2) is 9.27. The lowest BCUT2D eigenvalue weighted by Crippen LogP contribution is -2.19. The van der Waals surface area contributed by atoms with Crippen LogP contribution in [0.2, 0.25) is 5.02 Å². The lowest BCUT2D eigenvalue weighted by Gasteiger charge is -2.12. The van der Waals surface area contributed by atoms with Gasteiger partial charge in [0.15, 0.2) is 11.4 Å². The van der Waals surface area contributed by atoms with Crippen LogP contribution in [0.5, 0.6) is 11.5 Å². The van der Waals surface area contributed by atoms with Crippen molar-refractivity contribution in [1.82, 2.24) is 19.2 Å². The van der Waals surface area contributed by atoms with E-state index in [2.05, 4.69) is 0 Å². The van der Waals surface area contributed by atoms with Gasteiger partial charge in [0.2, 0.25) is 0 Å². The van der Waals surface area contributed by atoms with E-state index in [9.17, 15) is 4.79 Å². The Morgan fingerprint density at radius 2 is 1.80 bits per heavy atom. The molecule has 35 heavy (non-hydrogen) atoms. The largest absolute Gasteiger partial charge is 0.497 e. The van der Waals surface area contributed by atoms with Gasteiger partial charge in [-0.15, -0.1) is 0 Å². The average Bonchev–Trinajstić information content (AvgIpc) is 3.24. The first kappa shape index (κ1) is 22.7. The number of halogens is 1. The number of methoxy groups -OCH3 is 1. The quantitative estimate of drug-likeness (QED) is 0.321. The molecule has 0 aliphatic heterocycles. The van der Waals surface area contributed by atoms with Crippen LogP contribution in [-0.2, 0) is 6.61 Å². The molecule has 3 aromatic heterocycles. The van der Waals surface area contributed by atoms with Crippen LogP contribution in [0.3, 0.4) is 0 Å². The maximum Gasteiger partial charge on any atom is 0.267 e. The zero-order chi connectivity index (χ0) is 24.5. The maximum atomic E-state index is 13.5. The van der Waals surface area contributed by atoms with Crippen LogP contribution in [0.4, 0.5) is 0 Å². The van der Waals surface area contributed by atoms with Crippen molar-refractivity contribution in [3.8, 4) is 28.4 Å². The molecule has 0 radical (unpaired) electrons. The summed E-state index contributed by atoms with van der Waals surface area (Å²) < 4.78 is 14.6. The van der Waals surface area contributed by atoms with Gasteiger partial charge in [0.1, 0.15) is 18.1 Å². The SMILES string of the molecule is COc1cccc(COc2cccn3c(=O)c(-c4cc(C)n(-c5ccc(Cl)cc5)n4)c(C)nc23)c1. The van der Waals surface area contributed by atoms with Gasteiger partial charge in [-0.05, 0) is 74.0 Å². The number of ether oxygens (including phenoxy) is 2. The van der Waals surface area contributed by atoms with Gasteiger partial charge in [0.25, 0.3) is 5.56 Å². The fourth-order valence-electron chi connectivity index (χ4n) is 4.01. The molecule has 0 N–H and O–H groups in total. The van der Waals surface area contributed by atoms with E-state index in [4.69, 9.17) is 31.2 Å². The highest BCUT2D eigenvalue weighted by atomic mass is 35.5. The zero-order valence-electron chi connectivity index (χ0n) is 19.5. The Bertz CT molecular complexity index is 1590. The molecule has 0 fully saturated rings. The monoisotopic (exact) mass is 486 g/mol. The third kappa shape index (κ3) is 4.38.